The lowest BCUT2D eigenvalue weighted by Gasteiger charge is -2.08. The van der Waals surface area contributed by atoms with Crippen molar-refractivity contribution in [2.45, 2.75) is 13.8 Å². The molecule has 0 saturated carbocycles. The molecule has 1 aliphatic heterocycles. The lowest BCUT2D eigenvalue weighted by Crippen LogP contribution is -2.23. The van der Waals surface area contributed by atoms with Crippen molar-refractivity contribution in [2.75, 3.05) is 0 Å². The number of amidine groups is 1. The van der Waals surface area contributed by atoms with Crippen LogP contribution >= 0.6 is 43.6 Å². The molecule has 1 N–H and O–H groups in total. The molecule has 0 aliphatic carbocycles. The minimum absolute atomic E-state index is 0.253. The van der Waals surface area contributed by atoms with Crippen LogP contribution in [0.3, 0.4) is 0 Å². The van der Waals surface area contributed by atoms with Crippen LogP contribution in [0.4, 0.5) is 0 Å². The average molecular weight is 462 g/mol. The molecule has 1 aromatic carbocycles. The number of carbonyl (C=O) groups excluding carboxylic acids is 3. The molecule has 1 aliphatic rings. The van der Waals surface area contributed by atoms with Gasteiger partial charge in [0.05, 0.1) is 13.9 Å². The summed E-state index contributed by atoms with van der Waals surface area (Å²) >= 11 is 7.73. The van der Waals surface area contributed by atoms with Crippen LogP contribution in [0.25, 0.3) is 6.08 Å². The van der Waals surface area contributed by atoms with Crippen LogP contribution in [0.5, 0.6) is 5.75 Å². The Kier molecular flexibility index (Phi) is 5.77. The van der Waals surface area contributed by atoms with Gasteiger partial charge in [0.25, 0.3) is 5.91 Å². The Bertz CT molecular complexity index is 751. The van der Waals surface area contributed by atoms with Crippen LogP contribution in [0.2, 0.25) is 0 Å². The topological polar surface area (TPSA) is 84.8 Å². The first-order chi connectivity index (χ1) is 10.8. The Labute approximate surface area is 153 Å². The van der Waals surface area contributed by atoms with Crippen molar-refractivity contribution >= 4 is 72.6 Å². The molecule has 1 heterocycles. The summed E-state index contributed by atoms with van der Waals surface area (Å²) in [6, 6.07) is 3.42. The molecule has 0 fully saturated rings. The number of nitrogens with zero attached hydrogens (tertiary/aromatic N) is 1. The van der Waals surface area contributed by atoms with Gasteiger partial charge in [-0.3, -0.25) is 14.4 Å². The molecule has 2 rings (SSSR count). The van der Waals surface area contributed by atoms with Gasteiger partial charge < -0.3 is 10.1 Å². The van der Waals surface area contributed by atoms with Crippen molar-refractivity contribution in [1.82, 2.24) is 5.32 Å². The highest BCUT2D eigenvalue weighted by molar-refractivity contribution is 9.11. The zero-order valence-corrected chi connectivity index (χ0v) is 16.0. The number of rotatable bonds is 2. The molecule has 0 radical (unpaired) electrons. The molecule has 0 aromatic heterocycles. The number of benzene rings is 1. The molecule has 6 nitrogen and oxygen atoms in total. The van der Waals surface area contributed by atoms with Crippen LogP contribution in [0, 0.1) is 0 Å². The average Bonchev–Trinajstić information content (AvgIpc) is 2.73. The van der Waals surface area contributed by atoms with Gasteiger partial charge in [0.2, 0.25) is 5.91 Å². The molecule has 0 spiro atoms. The van der Waals surface area contributed by atoms with Gasteiger partial charge in [0.1, 0.15) is 0 Å². The molecule has 2 amide bonds. The van der Waals surface area contributed by atoms with Crippen molar-refractivity contribution in [3.8, 4) is 5.75 Å². The van der Waals surface area contributed by atoms with E-state index in [9.17, 15) is 14.4 Å². The fourth-order valence-corrected chi connectivity index (χ4v) is 3.91. The fourth-order valence-electron chi connectivity index (χ4n) is 1.67. The van der Waals surface area contributed by atoms with Crippen LogP contribution in [-0.2, 0) is 14.4 Å². The number of nitrogens with one attached hydrogen (secondary N) is 1. The summed E-state index contributed by atoms with van der Waals surface area (Å²) in [6.07, 6.45) is 1.64. The van der Waals surface area contributed by atoms with Gasteiger partial charge >= 0.3 is 5.97 Å². The second kappa shape index (κ2) is 7.41. The van der Waals surface area contributed by atoms with E-state index in [-0.39, 0.29) is 11.1 Å². The standard InChI is InChI=1S/C14H10Br2N2O4S/c1-6(19)17-14-18-13(21)11(23-14)5-8-3-9(15)12(10(16)4-8)22-7(2)20/h3-5H,1-2H3,(H,17,18,19,21)/b11-5-. The molecule has 120 valence electrons. The number of hydrogen-bond acceptors (Lipinski definition) is 5. The molecule has 1 aromatic rings. The maximum absolute atomic E-state index is 11.8. The monoisotopic (exact) mass is 460 g/mol. The fraction of sp³-hybridized carbons (Fsp3) is 0.143. The van der Waals surface area contributed by atoms with E-state index >= 15 is 0 Å². The molecular weight excluding hydrogens is 452 g/mol. The summed E-state index contributed by atoms with van der Waals surface area (Å²) < 4.78 is 6.21. The second-order valence-corrected chi connectivity index (χ2v) is 7.16. The normalized spacial score (nSPS) is 15.6. The zero-order valence-electron chi connectivity index (χ0n) is 12.0. The minimum atomic E-state index is -0.438. The summed E-state index contributed by atoms with van der Waals surface area (Å²) in [5.74, 6) is -0.788. The van der Waals surface area contributed by atoms with E-state index in [4.69, 9.17) is 4.74 Å². The number of carbonyl (C=O) groups is 3. The lowest BCUT2D eigenvalue weighted by molar-refractivity contribution is -0.132. The third kappa shape index (κ3) is 4.76. The Morgan fingerprint density at radius 1 is 1.26 bits per heavy atom. The van der Waals surface area contributed by atoms with E-state index in [0.717, 1.165) is 11.8 Å². The van der Waals surface area contributed by atoms with Crippen molar-refractivity contribution in [3.05, 3.63) is 31.5 Å². The van der Waals surface area contributed by atoms with Gasteiger partial charge in [-0.1, -0.05) is 0 Å². The van der Waals surface area contributed by atoms with E-state index in [2.05, 4.69) is 42.2 Å². The number of amides is 2. The quantitative estimate of drug-likeness (QED) is 0.415. The van der Waals surface area contributed by atoms with E-state index in [1.54, 1.807) is 18.2 Å². The molecule has 0 unspecified atom stereocenters. The highest BCUT2D eigenvalue weighted by Crippen LogP contribution is 2.36. The van der Waals surface area contributed by atoms with Gasteiger partial charge in [-0.15, -0.1) is 0 Å². The first-order valence-corrected chi connectivity index (χ1v) is 8.64. The predicted octanol–water partition coefficient (Wildman–Crippen LogP) is 3.24. The van der Waals surface area contributed by atoms with E-state index in [1.807, 2.05) is 0 Å². The van der Waals surface area contributed by atoms with Gasteiger partial charge in [0, 0.05) is 13.8 Å². The number of aliphatic imine (C=N–C) groups is 1. The number of halogens is 2. The summed E-state index contributed by atoms with van der Waals surface area (Å²) in [5.41, 5.74) is 0.703. The first-order valence-electron chi connectivity index (χ1n) is 6.24. The van der Waals surface area contributed by atoms with Crippen molar-refractivity contribution < 1.29 is 19.1 Å². The third-order valence-electron chi connectivity index (χ3n) is 2.47. The maximum Gasteiger partial charge on any atom is 0.308 e. The summed E-state index contributed by atoms with van der Waals surface area (Å²) in [5, 5.41) is 2.73. The number of hydrogen-bond donors (Lipinski definition) is 1. The molecule has 0 atom stereocenters. The minimum Gasteiger partial charge on any atom is -0.424 e. The van der Waals surface area contributed by atoms with Gasteiger partial charge in [-0.25, -0.2) is 0 Å². The Morgan fingerprint density at radius 3 is 2.39 bits per heavy atom. The SMILES string of the molecule is CC(=O)NC1=NC(=O)/C(=C/c2cc(Br)c(OC(C)=O)c(Br)c2)S1. The number of thioether (sulfide) groups is 1. The Hall–Kier alpha value is -1.45. The summed E-state index contributed by atoms with van der Waals surface area (Å²) in [7, 11) is 0. The third-order valence-corrected chi connectivity index (χ3v) is 4.54. The Balaban J connectivity index is 2.26. The van der Waals surface area contributed by atoms with E-state index in [0.29, 0.717) is 25.2 Å². The smallest absolute Gasteiger partial charge is 0.308 e. The number of esters is 1. The zero-order chi connectivity index (χ0) is 17.1. The maximum atomic E-state index is 11.8. The first kappa shape index (κ1) is 17.9. The van der Waals surface area contributed by atoms with Gasteiger partial charge in [-0.2, -0.15) is 4.99 Å². The Morgan fingerprint density at radius 2 is 1.87 bits per heavy atom. The van der Waals surface area contributed by atoms with Crippen molar-refractivity contribution in [1.29, 1.82) is 0 Å². The second-order valence-electron chi connectivity index (χ2n) is 4.42. The lowest BCUT2D eigenvalue weighted by atomic mass is 10.2. The van der Waals surface area contributed by atoms with Crippen LogP contribution in [0.1, 0.15) is 19.4 Å². The molecule has 9 heteroatoms. The molecular formula is C14H10Br2N2O4S. The predicted molar refractivity (Wildman–Crippen MR) is 95.0 cm³/mol. The van der Waals surface area contributed by atoms with Crippen molar-refractivity contribution in [2.24, 2.45) is 4.99 Å². The van der Waals surface area contributed by atoms with Gasteiger partial charge in [0.15, 0.2) is 10.9 Å². The summed E-state index contributed by atoms with van der Waals surface area (Å²) in [6.45, 7) is 2.65. The molecule has 0 saturated heterocycles. The van der Waals surface area contributed by atoms with E-state index < -0.39 is 11.9 Å². The van der Waals surface area contributed by atoms with Crippen LogP contribution in [0.15, 0.2) is 31.0 Å². The van der Waals surface area contributed by atoms with Crippen LogP contribution in [-0.4, -0.2) is 23.0 Å². The van der Waals surface area contributed by atoms with Crippen LogP contribution < -0.4 is 10.1 Å². The highest BCUT2D eigenvalue weighted by atomic mass is 79.9. The van der Waals surface area contributed by atoms with Crippen molar-refractivity contribution in [3.63, 3.8) is 0 Å². The van der Waals surface area contributed by atoms with E-state index in [1.165, 1.54) is 13.8 Å². The summed E-state index contributed by atoms with van der Waals surface area (Å²) in [4.78, 5) is 38.0. The number of ether oxygens (including phenoxy) is 1. The molecule has 0 bridgehead atoms. The largest absolute Gasteiger partial charge is 0.424 e. The molecule has 23 heavy (non-hydrogen) atoms. The van der Waals surface area contributed by atoms with Gasteiger partial charge in [-0.05, 0) is 67.4 Å². The highest BCUT2D eigenvalue weighted by Gasteiger charge is 2.22.